The Morgan fingerprint density at radius 3 is 2.45 bits per heavy atom. The van der Waals surface area contributed by atoms with Crippen LogP contribution in [0.3, 0.4) is 0 Å². The molecule has 0 heterocycles. The first-order valence-electron chi connectivity index (χ1n) is 4.81. The first-order chi connectivity index (χ1) is 5.43. The fourth-order valence-corrected chi connectivity index (χ4v) is 1.35. The highest BCUT2D eigenvalue weighted by molar-refractivity contribution is 4.75. The zero-order valence-electron chi connectivity index (χ0n) is 7.53. The smallest absolute Gasteiger partial charge is 0.00670 e. The Labute approximate surface area is 69.8 Å². The highest BCUT2D eigenvalue weighted by atomic mass is 14.9. The van der Waals surface area contributed by atoms with Gasteiger partial charge in [0.15, 0.2) is 0 Å². The van der Waals surface area contributed by atoms with E-state index in [4.69, 9.17) is 0 Å². The van der Waals surface area contributed by atoms with E-state index >= 15 is 0 Å². The summed E-state index contributed by atoms with van der Waals surface area (Å²) in [6, 6.07) is 0.865. The molecule has 0 aliphatic heterocycles. The van der Waals surface area contributed by atoms with Gasteiger partial charge in [-0.1, -0.05) is 6.42 Å². The van der Waals surface area contributed by atoms with E-state index in [0.717, 1.165) is 12.6 Å². The summed E-state index contributed by atoms with van der Waals surface area (Å²) in [4.78, 5) is 0. The third kappa shape index (κ3) is 3.73. The molecule has 0 saturated heterocycles. The highest BCUT2D eigenvalue weighted by Gasteiger charge is 2.15. The third-order valence-corrected chi connectivity index (χ3v) is 2.39. The lowest BCUT2D eigenvalue weighted by Gasteiger charge is -2.26. The van der Waals surface area contributed by atoms with E-state index in [1.807, 2.05) is 7.05 Å². The van der Waals surface area contributed by atoms with Crippen molar-refractivity contribution in [3.05, 3.63) is 0 Å². The molecule has 0 aromatic heterocycles. The predicted molar refractivity (Wildman–Crippen MR) is 48.8 cm³/mol. The Hall–Kier alpha value is -0.0800. The van der Waals surface area contributed by atoms with Gasteiger partial charge in [-0.25, -0.2) is 0 Å². The minimum atomic E-state index is 0.865. The van der Waals surface area contributed by atoms with E-state index < -0.39 is 0 Å². The van der Waals surface area contributed by atoms with Gasteiger partial charge in [0, 0.05) is 6.04 Å². The maximum Gasteiger partial charge on any atom is 0.00670 e. The maximum atomic E-state index is 3.55. The van der Waals surface area contributed by atoms with Gasteiger partial charge in [-0.05, 0) is 45.8 Å². The van der Waals surface area contributed by atoms with Gasteiger partial charge in [-0.3, -0.25) is 0 Å². The van der Waals surface area contributed by atoms with Crippen molar-refractivity contribution in [1.82, 2.24) is 10.6 Å². The lowest BCUT2D eigenvalue weighted by Crippen LogP contribution is -2.35. The number of rotatable bonds is 6. The van der Waals surface area contributed by atoms with Crippen molar-refractivity contribution in [2.45, 2.75) is 38.1 Å². The Kier molecular flexibility index (Phi) is 4.55. The van der Waals surface area contributed by atoms with E-state index in [2.05, 4.69) is 10.6 Å². The van der Waals surface area contributed by atoms with Crippen molar-refractivity contribution in [3.63, 3.8) is 0 Å². The normalized spacial score (nSPS) is 18.3. The fraction of sp³-hybridized carbons (Fsp3) is 1.00. The van der Waals surface area contributed by atoms with Crippen LogP contribution in [0.5, 0.6) is 0 Å². The maximum absolute atomic E-state index is 3.55. The quantitative estimate of drug-likeness (QED) is 0.563. The van der Waals surface area contributed by atoms with Crippen LogP contribution in [0.1, 0.15) is 32.1 Å². The molecule has 1 rings (SSSR count). The molecular weight excluding hydrogens is 136 g/mol. The lowest BCUT2D eigenvalue weighted by molar-refractivity contribution is 0.337. The van der Waals surface area contributed by atoms with E-state index in [0.29, 0.717) is 0 Å². The summed E-state index contributed by atoms with van der Waals surface area (Å²) in [5.41, 5.74) is 0. The van der Waals surface area contributed by atoms with E-state index in [-0.39, 0.29) is 0 Å². The minimum absolute atomic E-state index is 0.865. The largest absolute Gasteiger partial charge is 0.320 e. The molecule has 2 N–H and O–H groups in total. The second kappa shape index (κ2) is 5.56. The van der Waals surface area contributed by atoms with Gasteiger partial charge in [-0.2, -0.15) is 0 Å². The summed E-state index contributed by atoms with van der Waals surface area (Å²) < 4.78 is 0. The van der Waals surface area contributed by atoms with Gasteiger partial charge in [-0.15, -0.1) is 0 Å². The highest BCUT2D eigenvalue weighted by Crippen LogP contribution is 2.17. The summed E-state index contributed by atoms with van der Waals surface area (Å²) in [5, 5.41) is 6.71. The second-order valence-electron chi connectivity index (χ2n) is 3.39. The SMILES string of the molecule is CNCCCCNC1CCC1. The zero-order chi connectivity index (χ0) is 7.94. The molecule has 0 atom stereocenters. The lowest BCUT2D eigenvalue weighted by atomic mass is 9.93. The molecule has 0 unspecified atom stereocenters. The fourth-order valence-electron chi connectivity index (χ4n) is 1.35. The number of hydrogen-bond acceptors (Lipinski definition) is 2. The molecule has 0 bridgehead atoms. The van der Waals surface area contributed by atoms with Gasteiger partial charge in [0.05, 0.1) is 0 Å². The zero-order valence-corrected chi connectivity index (χ0v) is 7.53. The van der Waals surface area contributed by atoms with Gasteiger partial charge >= 0.3 is 0 Å². The van der Waals surface area contributed by atoms with Crippen LogP contribution in [0.25, 0.3) is 0 Å². The summed E-state index contributed by atoms with van der Waals surface area (Å²) in [6.45, 7) is 2.37. The summed E-state index contributed by atoms with van der Waals surface area (Å²) in [6.07, 6.45) is 6.87. The number of unbranched alkanes of at least 4 members (excludes halogenated alkanes) is 1. The predicted octanol–water partition coefficient (Wildman–Crippen LogP) is 1.13. The van der Waals surface area contributed by atoms with Crippen LogP contribution >= 0.6 is 0 Å². The first kappa shape index (κ1) is 9.01. The summed E-state index contributed by atoms with van der Waals surface area (Å²) in [5.74, 6) is 0. The van der Waals surface area contributed by atoms with Crippen LogP contribution in [0.4, 0.5) is 0 Å². The number of nitrogens with one attached hydrogen (secondary N) is 2. The van der Waals surface area contributed by atoms with Crippen LogP contribution < -0.4 is 10.6 Å². The van der Waals surface area contributed by atoms with Crippen molar-refractivity contribution < 1.29 is 0 Å². The first-order valence-corrected chi connectivity index (χ1v) is 4.81. The monoisotopic (exact) mass is 156 g/mol. The van der Waals surface area contributed by atoms with Gasteiger partial charge < -0.3 is 10.6 Å². The van der Waals surface area contributed by atoms with Crippen LogP contribution in [0, 0.1) is 0 Å². The molecule has 66 valence electrons. The van der Waals surface area contributed by atoms with Gasteiger partial charge in [0.2, 0.25) is 0 Å². The average Bonchev–Trinajstić information content (AvgIpc) is 1.93. The van der Waals surface area contributed by atoms with Gasteiger partial charge in [0.1, 0.15) is 0 Å². The molecule has 1 fully saturated rings. The molecule has 0 radical (unpaired) electrons. The third-order valence-electron chi connectivity index (χ3n) is 2.39. The molecule has 0 aromatic rings. The van der Waals surface area contributed by atoms with Crippen molar-refractivity contribution in [3.8, 4) is 0 Å². The van der Waals surface area contributed by atoms with Crippen molar-refractivity contribution in [1.29, 1.82) is 0 Å². The number of hydrogen-bond donors (Lipinski definition) is 2. The molecule has 11 heavy (non-hydrogen) atoms. The van der Waals surface area contributed by atoms with E-state index in [1.165, 1.54) is 38.6 Å². The van der Waals surface area contributed by atoms with Crippen LogP contribution in [-0.2, 0) is 0 Å². The molecule has 1 saturated carbocycles. The average molecular weight is 156 g/mol. The molecule has 2 heteroatoms. The van der Waals surface area contributed by atoms with Crippen LogP contribution in [0.15, 0.2) is 0 Å². The van der Waals surface area contributed by atoms with Crippen molar-refractivity contribution in [2.75, 3.05) is 20.1 Å². The molecule has 1 aliphatic carbocycles. The van der Waals surface area contributed by atoms with Crippen LogP contribution in [-0.4, -0.2) is 26.2 Å². The molecule has 1 aliphatic rings. The Morgan fingerprint density at radius 1 is 1.18 bits per heavy atom. The molecule has 0 aromatic carbocycles. The van der Waals surface area contributed by atoms with E-state index in [1.54, 1.807) is 0 Å². The molecule has 0 spiro atoms. The van der Waals surface area contributed by atoms with E-state index in [9.17, 15) is 0 Å². The standard InChI is InChI=1S/C9H20N2/c1-10-7-2-3-8-11-9-5-4-6-9/h9-11H,2-8H2,1H3. The molecule has 2 nitrogen and oxygen atoms in total. The Morgan fingerprint density at radius 2 is 1.91 bits per heavy atom. The van der Waals surface area contributed by atoms with Crippen LogP contribution in [0.2, 0.25) is 0 Å². The Bertz CT molecular complexity index is 89.6. The topological polar surface area (TPSA) is 24.1 Å². The van der Waals surface area contributed by atoms with Crippen molar-refractivity contribution in [2.24, 2.45) is 0 Å². The molecule has 0 amide bonds. The molecular formula is C9H20N2. The van der Waals surface area contributed by atoms with Gasteiger partial charge in [0.25, 0.3) is 0 Å². The second-order valence-corrected chi connectivity index (χ2v) is 3.39. The summed E-state index contributed by atoms with van der Waals surface area (Å²) >= 11 is 0. The minimum Gasteiger partial charge on any atom is -0.320 e. The summed E-state index contributed by atoms with van der Waals surface area (Å²) in [7, 11) is 2.01. The van der Waals surface area contributed by atoms with Crippen molar-refractivity contribution >= 4 is 0 Å². The Balaban J connectivity index is 1.73.